The molecule has 1 heterocycles. The molecule has 0 spiro atoms. The molecular formula is C12H12N4O4. The molecule has 0 fully saturated rings. The van der Waals surface area contributed by atoms with Crippen molar-refractivity contribution in [3.8, 4) is 11.6 Å². The Morgan fingerprint density at radius 3 is 2.55 bits per heavy atom. The van der Waals surface area contributed by atoms with Crippen molar-refractivity contribution in [1.82, 2.24) is 4.98 Å². The zero-order valence-electron chi connectivity index (χ0n) is 10.3. The minimum atomic E-state index is -0.593. The van der Waals surface area contributed by atoms with Crippen molar-refractivity contribution in [2.24, 2.45) is 5.84 Å². The second-order valence-electron chi connectivity index (χ2n) is 3.83. The number of hydrogen-bond donors (Lipinski definition) is 3. The molecule has 0 radical (unpaired) electrons. The summed E-state index contributed by atoms with van der Waals surface area (Å²) in [6.07, 6.45) is 0. The Morgan fingerprint density at radius 2 is 2.00 bits per heavy atom. The highest BCUT2D eigenvalue weighted by Gasteiger charge is 2.18. The van der Waals surface area contributed by atoms with Gasteiger partial charge in [-0.05, 0) is 23.8 Å². The lowest BCUT2D eigenvalue weighted by molar-refractivity contribution is -0.386. The van der Waals surface area contributed by atoms with Crippen LogP contribution in [0.4, 0.5) is 11.5 Å². The predicted molar refractivity (Wildman–Crippen MR) is 71.1 cm³/mol. The summed E-state index contributed by atoms with van der Waals surface area (Å²) in [5, 5.41) is 19.9. The van der Waals surface area contributed by atoms with Crippen molar-refractivity contribution in [2.45, 2.75) is 6.61 Å². The Balaban J connectivity index is 2.32. The first-order valence-electron chi connectivity index (χ1n) is 5.63. The molecule has 0 bridgehead atoms. The number of ether oxygens (including phenoxy) is 1. The van der Waals surface area contributed by atoms with Crippen LogP contribution in [0.5, 0.6) is 11.6 Å². The first-order chi connectivity index (χ1) is 9.63. The monoisotopic (exact) mass is 276 g/mol. The SMILES string of the molecule is NNc1ccc([N+](=O)[O-])c(Oc2ccc(CO)cc2)n1. The van der Waals surface area contributed by atoms with Crippen LogP contribution >= 0.6 is 0 Å². The maximum absolute atomic E-state index is 10.9. The van der Waals surface area contributed by atoms with Crippen LogP contribution in [0.2, 0.25) is 0 Å². The van der Waals surface area contributed by atoms with Gasteiger partial charge in [-0.15, -0.1) is 0 Å². The number of nitrogens with zero attached hydrogens (tertiary/aromatic N) is 2. The van der Waals surface area contributed by atoms with E-state index in [-0.39, 0.29) is 24.0 Å². The molecule has 8 nitrogen and oxygen atoms in total. The van der Waals surface area contributed by atoms with E-state index in [2.05, 4.69) is 10.4 Å². The number of benzene rings is 1. The van der Waals surface area contributed by atoms with Crippen molar-refractivity contribution in [1.29, 1.82) is 0 Å². The van der Waals surface area contributed by atoms with E-state index in [4.69, 9.17) is 15.7 Å². The number of nitrogens with two attached hydrogens (primary N) is 1. The van der Waals surface area contributed by atoms with Crippen LogP contribution in [0.25, 0.3) is 0 Å². The molecule has 2 aromatic rings. The fourth-order valence-electron chi connectivity index (χ4n) is 1.50. The van der Waals surface area contributed by atoms with Crippen LogP contribution in [-0.4, -0.2) is 15.0 Å². The van der Waals surface area contributed by atoms with E-state index in [1.54, 1.807) is 24.3 Å². The Labute approximate surface area is 113 Å². The largest absolute Gasteiger partial charge is 0.434 e. The molecule has 2 rings (SSSR count). The van der Waals surface area contributed by atoms with Crippen molar-refractivity contribution in [2.75, 3.05) is 5.43 Å². The van der Waals surface area contributed by atoms with E-state index in [9.17, 15) is 10.1 Å². The number of aliphatic hydroxyl groups excluding tert-OH is 1. The second-order valence-corrected chi connectivity index (χ2v) is 3.83. The Hall–Kier alpha value is -2.71. The van der Waals surface area contributed by atoms with E-state index in [0.717, 1.165) is 0 Å². The van der Waals surface area contributed by atoms with Gasteiger partial charge in [0.15, 0.2) is 0 Å². The van der Waals surface area contributed by atoms with E-state index in [1.165, 1.54) is 12.1 Å². The highest BCUT2D eigenvalue weighted by atomic mass is 16.6. The summed E-state index contributed by atoms with van der Waals surface area (Å²) in [5.41, 5.74) is 2.73. The lowest BCUT2D eigenvalue weighted by atomic mass is 10.2. The van der Waals surface area contributed by atoms with Crippen LogP contribution in [-0.2, 0) is 6.61 Å². The fraction of sp³-hybridized carbons (Fsp3) is 0.0833. The minimum absolute atomic E-state index is 0.0920. The topological polar surface area (TPSA) is 124 Å². The van der Waals surface area contributed by atoms with Crippen LogP contribution < -0.4 is 16.0 Å². The molecule has 0 atom stereocenters. The number of nitro groups is 1. The van der Waals surface area contributed by atoms with Gasteiger partial charge < -0.3 is 15.3 Å². The Bertz CT molecular complexity index is 615. The van der Waals surface area contributed by atoms with Gasteiger partial charge in [0.1, 0.15) is 11.6 Å². The lowest BCUT2D eigenvalue weighted by Gasteiger charge is -2.07. The van der Waals surface area contributed by atoms with Crippen molar-refractivity contribution >= 4 is 11.5 Å². The van der Waals surface area contributed by atoms with Crippen molar-refractivity contribution < 1.29 is 14.8 Å². The molecule has 0 amide bonds. The Morgan fingerprint density at radius 1 is 1.30 bits per heavy atom. The molecule has 0 unspecified atom stereocenters. The van der Waals surface area contributed by atoms with E-state index < -0.39 is 4.92 Å². The van der Waals surface area contributed by atoms with Crippen molar-refractivity contribution in [3.63, 3.8) is 0 Å². The third-order valence-corrected chi connectivity index (χ3v) is 2.51. The van der Waals surface area contributed by atoms with E-state index in [0.29, 0.717) is 11.3 Å². The second kappa shape index (κ2) is 5.95. The number of hydrazine groups is 1. The first kappa shape index (κ1) is 13.7. The van der Waals surface area contributed by atoms with Gasteiger partial charge in [-0.3, -0.25) is 10.1 Å². The van der Waals surface area contributed by atoms with Crippen LogP contribution in [0.1, 0.15) is 5.56 Å². The highest BCUT2D eigenvalue weighted by Crippen LogP contribution is 2.30. The number of anilines is 1. The number of nitrogen functional groups attached to an aromatic ring is 1. The lowest BCUT2D eigenvalue weighted by Crippen LogP contribution is -2.09. The molecule has 104 valence electrons. The molecule has 1 aromatic carbocycles. The van der Waals surface area contributed by atoms with E-state index >= 15 is 0 Å². The minimum Gasteiger partial charge on any atom is -0.434 e. The number of aliphatic hydroxyl groups is 1. The number of aromatic nitrogens is 1. The number of rotatable bonds is 5. The molecular weight excluding hydrogens is 264 g/mol. The highest BCUT2D eigenvalue weighted by molar-refractivity contribution is 5.50. The number of hydrogen-bond acceptors (Lipinski definition) is 7. The third-order valence-electron chi connectivity index (χ3n) is 2.51. The molecule has 8 heteroatoms. The van der Waals surface area contributed by atoms with Gasteiger partial charge in [0.05, 0.1) is 11.5 Å². The zero-order chi connectivity index (χ0) is 14.5. The average Bonchev–Trinajstić information content (AvgIpc) is 2.47. The summed E-state index contributed by atoms with van der Waals surface area (Å²) in [6.45, 7) is -0.0920. The average molecular weight is 276 g/mol. The van der Waals surface area contributed by atoms with Gasteiger partial charge in [-0.2, -0.15) is 4.98 Å². The van der Waals surface area contributed by atoms with E-state index in [1.807, 2.05) is 0 Å². The maximum atomic E-state index is 10.9. The smallest absolute Gasteiger partial charge is 0.331 e. The molecule has 0 saturated carbocycles. The van der Waals surface area contributed by atoms with Crippen LogP contribution in [0, 0.1) is 10.1 Å². The fourth-order valence-corrected chi connectivity index (χ4v) is 1.50. The van der Waals surface area contributed by atoms with Gasteiger partial charge >= 0.3 is 11.6 Å². The normalized spacial score (nSPS) is 10.1. The summed E-state index contributed by atoms with van der Waals surface area (Å²) in [4.78, 5) is 14.2. The molecule has 0 aliphatic heterocycles. The van der Waals surface area contributed by atoms with Gasteiger partial charge in [-0.25, -0.2) is 5.84 Å². The summed E-state index contributed by atoms with van der Waals surface area (Å²) >= 11 is 0. The number of nitrogens with one attached hydrogen (secondary N) is 1. The predicted octanol–water partition coefficient (Wildman–Crippen LogP) is 1.56. The standard InChI is InChI=1S/C12H12N4O4/c13-15-11-6-5-10(16(18)19)12(14-11)20-9-3-1-8(7-17)2-4-9/h1-6,17H,7,13H2,(H,14,15). The first-order valence-corrected chi connectivity index (χ1v) is 5.63. The summed E-state index contributed by atoms with van der Waals surface area (Å²) in [7, 11) is 0. The summed E-state index contributed by atoms with van der Waals surface area (Å²) < 4.78 is 5.38. The van der Waals surface area contributed by atoms with Crippen LogP contribution in [0.15, 0.2) is 36.4 Å². The summed E-state index contributed by atoms with van der Waals surface area (Å²) in [6, 6.07) is 9.08. The van der Waals surface area contributed by atoms with Gasteiger partial charge in [0.2, 0.25) is 0 Å². The van der Waals surface area contributed by atoms with Gasteiger partial charge in [0.25, 0.3) is 0 Å². The molecule has 0 saturated heterocycles. The molecule has 20 heavy (non-hydrogen) atoms. The molecule has 4 N–H and O–H groups in total. The molecule has 0 aliphatic rings. The van der Waals surface area contributed by atoms with Crippen LogP contribution in [0.3, 0.4) is 0 Å². The third kappa shape index (κ3) is 2.99. The molecule has 0 aliphatic carbocycles. The van der Waals surface area contributed by atoms with Crippen molar-refractivity contribution in [3.05, 3.63) is 52.1 Å². The van der Waals surface area contributed by atoms with Gasteiger partial charge in [0, 0.05) is 6.07 Å². The quantitative estimate of drug-likeness (QED) is 0.430. The zero-order valence-corrected chi connectivity index (χ0v) is 10.3. The Kier molecular flexibility index (Phi) is 4.08. The maximum Gasteiger partial charge on any atom is 0.331 e. The molecule has 1 aromatic heterocycles. The van der Waals surface area contributed by atoms with Gasteiger partial charge in [-0.1, -0.05) is 12.1 Å². The number of pyridine rings is 1. The summed E-state index contributed by atoms with van der Waals surface area (Å²) in [5.74, 6) is 5.66.